The summed E-state index contributed by atoms with van der Waals surface area (Å²) in [5.41, 5.74) is 3.97. The molecule has 28 heavy (non-hydrogen) atoms. The first-order valence-corrected chi connectivity index (χ1v) is 9.38. The predicted molar refractivity (Wildman–Crippen MR) is 109 cm³/mol. The fourth-order valence-corrected chi connectivity index (χ4v) is 3.12. The lowest BCUT2D eigenvalue weighted by Crippen LogP contribution is -2.16. The highest BCUT2D eigenvalue weighted by Crippen LogP contribution is 2.32. The number of aliphatic hydroxyl groups excluding tert-OH is 1. The Morgan fingerprint density at radius 1 is 1.36 bits per heavy atom. The summed E-state index contributed by atoms with van der Waals surface area (Å²) in [6.45, 7) is 4.83. The molecule has 3 N–H and O–H groups in total. The number of hydrogen-bond donors (Lipinski definition) is 3. The van der Waals surface area contributed by atoms with Crippen LogP contribution in [0.1, 0.15) is 13.8 Å². The van der Waals surface area contributed by atoms with Gasteiger partial charge in [-0.2, -0.15) is 5.10 Å². The summed E-state index contributed by atoms with van der Waals surface area (Å²) >= 11 is 6.26. The highest BCUT2D eigenvalue weighted by molar-refractivity contribution is 6.35. The number of pyridine rings is 1. The van der Waals surface area contributed by atoms with Gasteiger partial charge in [-0.3, -0.25) is 4.68 Å². The quantitative estimate of drug-likeness (QED) is 0.461. The number of anilines is 1. The average Bonchev–Trinajstić information content (AvgIpc) is 3.30. The highest BCUT2D eigenvalue weighted by Gasteiger charge is 2.16. The van der Waals surface area contributed by atoms with Gasteiger partial charge in [0.2, 0.25) is 5.95 Å². The van der Waals surface area contributed by atoms with Gasteiger partial charge in [-0.15, -0.1) is 0 Å². The van der Waals surface area contributed by atoms with E-state index in [9.17, 15) is 5.11 Å². The first-order chi connectivity index (χ1) is 13.5. The second-order valence-corrected chi connectivity index (χ2v) is 6.91. The van der Waals surface area contributed by atoms with E-state index in [1.54, 1.807) is 25.5 Å². The van der Waals surface area contributed by atoms with Gasteiger partial charge in [0.05, 0.1) is 16.8 Å². The van der Waals surface area contributed by atoms with Crippen molar-refractivity contribution in [3.63, 3.8) is 0 Å². The number of nitrogens with zero attached hydrogens (tertiary/aromatic N) is 5. The third-order valence-electron chi connectivity index (χ3n) is 4.33. The average molecular weight is 398 g/mol. The molecule has 8 nitrogen and oxygen atoms in total. The van der Waals surface area contributed by atoms with Gasteiger partial charge in [-0.1, -0.05) is 11.6 Å². The molecule has 4 aromatic heterocycles. The maximum atomic E-state index is 9.47. The third kappa shape index (κ3) is 3.56. The molecule has 0 radical (unpaired) electrons. The third-order valence-corrected chi connectivity index (χ3v) is 4.64. The van der Waals surface area contributed by atoms with Gasteiger partial charge in [0, 0.05) is 54.4 Å². The first kappa shape index (κ1) is 18.4. The van der Waals surface area contributed by atoms with E-state index >= 15 is 0 Å². The van der Waals surface area contributed by atoms with Crippen LogP contribution in [-0.2, 0) is 6.54 Å². The Bertz CT molecular complexity index is 1120. The summed E-state index contributed by atoms with van der Waals surface area (Å²) < 4.78 is 1.86. The lowest BCUT2D eigenvalue weighted by atomic mass is 10.1. The van der Waals surface area contributed by atoms with Crippen molar-refractivity contribution in [2.75, 3.05) is 11.9 Å². The molecule has 1 atom stereocenters. The molecule has 0 amide bonds. The van der Waals surface area contributed by atoms with Crippen LogP contribution in [0, 0.1) is 0 Å². The van der Waals surface area contributed by atoms with Crippen LogP contribution in [-0.4, -0.2) is 47.5 Å². The van der Waals surface area contributed by atoms with E-state index in [1.807, 2.05) is 29.9 Å². The van der Waals surface area contributed by atoms with E-state index in [2.05, 4.69) is 25.3 Å². The summed E-state index contributed by atoms with van der Waals surface area (Å²) in [6, 6.07) is 3.81. The molecule has 4 aromatic rings. The van der Waals surface area contributed by atoms with Gasteiger partial charge in [0.15, 0.2) is 0 Å². The zero-order valence-electron chi connectivity index (χ0n) is 15.5. The molecule has 0 saturated heterocycles. The minimum Gasteiger partial charge on any atom is -0.392 e. The molecule has 4 heterocycles. The Kier molecular flexibility index (Phi) is 4.97. The fourth-order valence-electron chi connectivity index (χ4n) is 2.92. The summed E-state index contributed by atoms with van der Waals surface area (Å²) in [7, 11) is 0. The smallest absolute Gasteiger partial charge is 0.223 e. The van der Waals surface area contributed by atoms with Crippen molar-refractivity contribution >= 4 is 28.6 Å². The van der Waals surface area contributed by atoms with Gasteiger partial charge in [0.25, 0.3) is 0 Å². The minimum absolute atomic E-state index is 0.372. The van der Waals surface area contributed by atoms with Gasteiger partial charge < -0.3 is 15.4 Å². The molecule has 0 saturated carbocycles. The zero-order chi connectivity index (χ0) is 19.7. The van der Waals surface area contributed by atoms with Crippen LogP contribution in [0.2, 0.25) is 5.02 Å². The number of rotatable bonds is 6. The molecule has 0 aliphatic heterocycles. The van der Waals surface area contributed by atoms with Crippen molar-refractivity contribution in [2.24, 2.45) is 0 Å². The van der Waals surface area contributed by atoms with Crippen molar-refractivity contribution < 1.29 is 5.11 Å². The van der Waals surface area contributed by atoms with Crippen LogP contribution < -0.4 is 5.32 Å². The molecule has 0 spiro atoms. The molecule has 0 fully saturated rings. The lowest BCUT2D eigenvalue weighted by Gasteiger charge is -2.08. The van der Waals surface area contributed by atoms with Crippen molar-refractivity contribution in [1.82, 2.24) is 29.7 Å². The molecule has 144 valence electrons. The van der Waals surface area contributed by atoms with E-state index in [0.29, 0.717) is 17.5 Å². The number of H-pyrrole nitrogens is 1. The monoisotopic (exact) mass is 397 g/mol. The van der Waals surface area contributed by atoms with Crippen molar-refractivity contribution in [3.05, 3.63) is 41.9 Å². The zero-order valence-corrected chi connectivity index (χ0v) is 16.3. The molecule has 0 unspecified atom stereocenters. The molecule has 0 aliphatic rings. The summed E-state index contributed by atoms with van der Waals surface area (Å²) in [5, 5.41) is 18.7. The first-order valence-electron chi connectivity index (χ1n) is 9.01. The molecular formula is C19H20ClN7O. The lowest BCUT2D eigenvalue weighted by molar-refractivity contribution is 0.208. The molecule has 9 heteroatoms. The Morgan fingerprint density at radius 2 is 2.21 bits per heavy atom. The van der Waals surface area contributed by atoms with Crippen LogP contribution in [0.4, 0.5) is 5.95 Å². The number of hydrogen-bond acceptors (Lipinski definition) is 6. The Morgan fingerprint density at radius 3 is 3.00 bits per heavy atom. The van der Waals surface area contributed by atoms with Gasteiger partial charge >= 0.3 is 0 Å². The fraction of sp³-hybridized carbons (Fsp3) is 0.263. The van der Waals surface area contributed by atoms with Crippen molar-refractivity contribution in [1.29, 1.82) is 0 Å². The number of aromatic amines is 1. The second kappa shape index (κ2) is 7.57. The molecule has 0 aromatic carbocycles. The van der Waals surface area contributed by atoms with Crippen molar-refractivity contribution in [3.8, 4) is 22.5 Å². The topological polar surface area (TPSA) is 105 Å². The molecule has 0 aliphatic carbocycles. The molecule has 4 rings (SSSR count). The number of aliphatic hydroxyl groups is 1. The van der Waals surface area contributed by atoms with Gasteiger partial charge in [-0.25, -0.2) is 15.0 Å². The number of aryl methyl sites for hydroxylation is 1. The standard InChI is InChI=1S/C19H20ClN7O/c1-3-27-10-14(16-4-5-21-19(25-16)24-7-11(2)28)17(26-27)12-6-13-15(20)9-23-18(13)22-8-12/h4-6,8-11,28H,3,7H2,1-2H3,(H,22,23)(H,21,24,25)/t11-/m0/s1. The Labute approximate surface area is 166 Å². The van der Waals surface area contributed by atoms with Crippen molar-refractivity contribution in [2.45, 2.75) is 26.5 Å². The number of aromatic nitrogens is 6. The normalized spacial score (nSPS) is 12.4. The van der Waals surface area contributed by atoms with Crippen LogP contribution in [0.15, 0.2) is 36.9 Å². The van der Waals surface area contributed by atoms with Crippen LogP contribution in [0.5, 0.6) is 0 Å². The summed E-state index contributed by atoms with van der Waals surface area (Å²) in [4.78, 5) is 16.3. The Balaban J connectivity index is 1.78. The number of halogens is 1. The minimum atomic E-state index is -0.491. The van der Waals surface area contributed by atoms with Crippen LogP contribution in [0.25, 0.3) is 33.5 Å². The predicted octanol–water partition coefficient (Wildman–Crippen LogP) is 3.35. The van der Waals surface area contributed by atoms with E-state index in [1.165, 1.54) is 0 Å². The Hall–Kier alpha value is -2.97. The van der Waals surface area contributed by atoms with Crippen LogP contribution in [0.3, 0.4) is 0 Å². The van der Waals surface area contributed by atoms with E-state index in [4.69, 9.17) is 16.7 Å². The summed E-state index contributed by atoms with van der Waals surface area (Å²) in [6.07, 6.45) is 6.64. The molecular weight excluding hydrogens is 378 g/mol. The largest absolute Gasteiger partial charge is 0.392 e. The summed E-state index contributed by atoms with van der Waals surface area (Å²) in [5.74, 6) is 0.454. The van der Waals surface area contributed by atoms with E-state index in [-0.39, 0.29) is 0 Å². The molecule has 0 bridgehead atoms. The maximum absolute atomic E-state index is 9.47. The highest BCUT2D eigenvalue weighted by atomic mass is 35.5. The maximum Gasteiger partial charge on any atom is 0.223 e. The van der Waals surface area contributed by atoms with Crippen LogP contribution >= 0.6 is 11.6 Å². The second-order valence-electron chi connectivity index (χ2n) is 6.50. The van der Waals surface area contributed by atoms with E-state index in [0.717, 1.165) is 40.1 Å². The SMILES string of the molecule is CCn1cc(-c2ccnc(NC[C@H](C)O)n2)c(-c2cnc3[nH]cc(Cl)c3c2)n1. The van der Waals surface area contributed by atoms with E-state index < -0.39 is 6.10 Å². The number of fused-ring (bicyclic) bond motifs is 1. The van der Waals surface area contributed by atoms with Gasteiger partial charge in [0.1, 0.15) is 11.3 Å². The van der Waals surface area contributed by atoms with Gasteiger partial charge in [-0.05, 0) is 26.0 Å². The number of nitrogens with one attached hydrogen (secondary N) is 2.